The molecule has 16 heteroatoms. The van der Waals surface area contributed by atoms with E-state index < -0.39 is 17.7 Å². The zero-order chi connectivity index (χ0) is 31.4. The third kappa shape index (κ3) is 6.87. The maximum Gasteiger partial charge on any atom is 0.274 e. The lowest BCUT2D eigenvalue weighted by Gasteiger charge is -2.05. The first-order chi connectivity index (χ1) is 20.3. The number of anilines is 4. The molecule has 4 rings (SSSR count). The Labute approximate surface area is 246 Å². The summed E-state index contributed by atoms with van der Waals surface area (Å²) in [6, 6.07) is 6.23. The number of carbonyl (C=O) groups is 4. The zero-order valence-corrected chi connectivity index (χ0v) is 24.1. The van der Waals surface area contributed by atoms with Crippen molar-refractivity contribution in [2.75, 3.05) is 34.8 Å². The molecule has 10 N–H and O–H groups in total. The molecule has 0 saturated heterocycles. The third-order valence-electron chi connectivity index (χ3n) is 6.50. The Hall–Kier alpha value is -5.93. The van der Waals surface area contributed by atoms with Gasteiger partial charge in [-0.2, -0.15) is 0 Å². The van der Waals surface area contributed by atoms with E-state index in [4.69, 9.17) is 17.2 Å². The summed E-state index contributed by atoms with van der Waals surface area (Å²) in [5.41, 5.74) is 19.2. The lowest BCUT2D eigenvalue weighted by molar-refractivity contribution is 0.0944. The summed E-state index contributed by atoms with van der Waals surface area (Å²) >= 11 is 0. The summed E-state index contributed by atoms with van der Waals surface area (Å²) in [6.07, 6.45) is 6.48. The van der Waals surface area contributed by atoms with Crippen LogP contribution in [0.3, 0.4) is 0 Å². The summed E-state index contributed by atoms with van der Waals surface area (Å²) in [5, 5.41) is 11.0. The molecule has 0 atom stereocenters. The molecule has 0 aliphatic heterocycles. The number of nitrogens with zero attached hydrogens (tertiary/aromatic N) is 5. The number of hydrogen-bond acceptors (Lipinski definition) is 6. The Balaban J connectivity index is 1.39. The van der Waals surface area contributed by atoms with Gasteiger partial charge in [-0.15, -0.1) is 0 Å². The molecule has 0 fully saturated rings. The van der Waals surface area contributed by atoms with Crippen LogP contribution in [0.4, 0.5) is 22.7 Å². The summed E-state index contributed by atoms with van der Waals surface area (Å²) < 4.78 is 6.32. The van der Waals surface area contributed by atoms with Crippen molar-refractivity contribution in [3.63, 3.8) is 0 Å². The van der Waals surface area contributed by atoms with E-state index in [-0.39, 0.29) is 36.3 Å². The Morgan fingerprint density at radius 1 is 0.698 bits per heavy atom. The summed E-state index contributed by atoms with van der Waals surface area (Å²) in [4.78, 5) is 55.0. The Morgan fingerprint density at radius 3 is 1.56 bits per heavy atom. The lowest BCUT2D eigenvalue weighted by Crippen LogP contribution is -2.29. The molecule has 0 aromatic carbocycles. The van der Waals surface area contributed by atoms with Gasteiger partial charge in [0.25, 0.3) is 23.6 Å². The fourth-order valence-electron chi connectivity index (χ4n) is 4.44. The van der Waals surface area contributed by atoms with Crippen LogP contribution in [0, 0.1) is 0 Å². The third-order valence-corrected chi connectivity index (χ3v) is 6.50. The zero-order valence-electron chi connectivity index (χ0n) is 24.1. The highest BCUT2D eigenvalue weighted by atomic mass is 16.2. The number of rotatable bonds is 10. The topological polar surface area (TPSA) is 227 Å². The van der Waals surface area contributed by atoms with E-state index in [0.717, 1.165) is 0 Å². The number of carbonyl (C=O) groups excluding carboxylic acids is 4. The summed E-state index contributed by atoms with van der Waals surface area (Å²) in [5.74, 6) is -1.72. The van der Waals surface area contributed by atoms with Gasteiger partial charge in [-0.05, 0) is 24.3 Å². The van der Waals surface area contributed by atoms with Crippen molar-refractivity contribution in [3.05, 3.63) is 71.8 Å². The quantitative estimate of drug-likeness (QED) is 0.0780. The molecule has 4 heterocycles. The molecule has 0 saturated carbocycles. The van der Waals surface area contributed by atoms with Crippen LogP contribution in [0.5, 0.6) is 0 Å². The number of guanidine groups is 1. The first kappa shape index (κ1) is 30.0. The van der Waals surface area contributed by atoms with Gasteiger partial charge in [0, 0.05) is 59.5 Å². The molecule has 226 valence electrons. The largest absolute Gasteiger partial charge is 0.397 e. The predicted molar refractivity (Wildman–Crippen MR) is 163 cm³/mol. The fraction of sp³-hybridized carbons (Fsp3) is 0.222. The highest BCUT2D eigenvalue weighted by Gasteiger charge is 2.20. The van der Waals surface area contributed by atoms with E-state index in [1.165, 1.54) is 18.2 Å². The Morgan fingerprint density at radius 2 is 1.14 bits per heavy atom. The minimum absolute atomic E-state index is 0.0635. The van der Waals surface area contributed by atoms with Crippen LogP contribution < -0.4 is 38.5 Å². The van der Waals surface area contributed by atoms with Crippen molar-refractivity contribution < 1.29 is 19.2 Å². The van der Waals surface area contributed by atoms with E-state index in [2.05, 4.69) is 26.3 Å². The molecule has 4 aromatic rings. The van der Waals surface area contributed by atoms with Gasteiger partial charge in [0.15, 0.2) is 5.96 Å². The molecule has 0 spiro atoms. The van der Waals surface area contributed by atoms with Gasteiger partial charge in [-0.25, -0.2) is 0 Å². The number of amides is 4. The van der Waals surface area contributed by atoms with E-state index >= 15 is 0 Å². The van der Waals surface area contributed by atoms with Crippen molar-refractivity contribution in [3.8, 4) is 0 Å². The molecule has 4 amide bonds. The number of hydrogen-bond donors (Lipinski definition) is 7. The number of nitrogen functional groups attached to an aromatic ring is 1. The summed E-state index contributed by atoms with van der Waals surface area (Å²) in [6.45, 7) is 0.475. The molecule has 43 heavy (non-hydrogen) atoms. The van der Waals surface area contributed by atoms with E-state index in [9.17, 15) is 19.2 Å². The molecule has 16 nitrogen and oxygen atoms in total. The van der Waals surface area contributed by atoms with Crippen LogP contribution in [0.1, 0.15) is 42.0 Å². The van der Waals surface area contributed by atoms with Crippen molar-refractivity contribution in [2.45, 2.75) is 0 Å². The number of nitrogens with one attached hydrogen (secondary N) is 4. The van der Waals surface area contributed by atoms with Crippen molar-refractivity contribution >= 4 is 52.3 Å². The number of aliphatic imine (C=N–C) groups is 1. The first-order valence-electron chi connectivity index (χ1n) is 13.0. The van der Waals surface area contributed by atoms with Gasteiger partial charge < -0.3 is 56.7 Å². The van der Waals surface area contributed by atoms with Gasteiger partial charge in [-0.3, -0.25) is 24.2 Å². The van der Waals surface area contributed by atoms with Crippen LogP contribution in [-0.4, -0.2) is 60.9 Å². The second kappa shape index (κ2) is 12.3. The molecular weight excluding hydrogens is 556 g/mol. The number of nitrogens with two attached hydrogens (primary N) is 3. The van der Waals surface area contributed by atoms with Crippen molar-refractivity contribution in [1.82, 2.24) is 23.6 Å². The smallest absolute Gasteiger partial charge is 0.274 e. The van der Waals surface area contributed by atoms with E-state index in [1.54, 1.807) is 77.3 Å². The number of aryl methyl sites for hydroxylation is 4. The van der Waals surface area contributed by atoms with Crippen LogP contribution in [0.2, 0.25) is 0 Å². The van der Waals surface area contributed by atoms with Gasteiger partial charge in [-0.1, -0.05) is 0 Å². The highest BCUT2D eigenvalue weighted by Crippen LogP contribution is 2.21. The second-order valence-corrected chi connectivity index (χ2v) is 9.83. The molecule has 0 aliphatic rings. The molecule has 0 unspecified atom stereocenters. The predicted octanol–water partition coefficient (Wildman–Crippen LogP) is 0.383. The van der Waals surface area contributed by atoms with Gasteiger partial charge in [0.2, 0.25) is 0 Å². The van der Waals surface area contributed by atoms with Crippen LogP contribution in [-0.2, 0) is 28.2 Å². The minimum Gasteiger partial charge on any atom is -0.397 e. The molecule has 0 bridgehead atoms. The maximum atomic E-state index is 13.0. The minimum atomic E-state index is -0.447. The van der Waals surface area contributed by atoms with E-state index in [1.807, 2.05) is 0 Å². The second-order valence-electron chi connectivity index (χ2n) is 9.83. The monoisotopic (exact) mass is 590 g/mol. The van der Waals surface area contributed by atoms with Crippen LogP contribution in [0.15, 0.2) is 54.0 Å². The first-order valence-corrected chi connectivity index (χ1v) is 13.0. The lowest BCUT2D eigenvalue weighted by atomic mass is 10.3. The average molecular weight is 591 g/mol. The number of aromatic nitrogens is 4. The van der Waals surface area contributed by atoms with Crippen molar-refractivity contribution in [2.24, 2.45) is 44.7 Å². The molecular formula is C27H34N12O4. The van der Waals surface area contributed by atoms with Crippen molar-refractivity contribution in [1.29, 1.82) is 0 Å². The highest BCUT2D eigenvalue weighted by molar-refractivity contribution is 6.09. The van der Waals surface area contributed by atoms with Gasteiger partial charge >= 0.3 is 0 Å². The maximum absolute atomic E-state index is 13.0. The van der Waals surface area contributed by atoms with E-state index in [0.29, 0.717) is 34.1 Å². The molecule has 4 aromatic heterocycles. The van der Waals surface area contributed by atoms with Gasteiger partial charge in [0.1, 0.15) is 22.8 Å². The molecule has 0 radical (unpaired) electrons. The Kier molecular flexibility index (Phi) is 8.59. The van der Waals surface area contributed by atoms with Crippen LogP contribution in [0.25, 0.3) is 0 Å². The fourth-order valence-corrected chi connectivity index (χ4v) is 4.44. The summed E-state index contributed by atoms with van der Waals surface area (Å²) in [7, 11) is 6.72. The standard InChI is InChI=1S/C27H34N12O4/c1-36-8-5-18(28)22(36)26(43)35-17-11-21(39(4)14-17)25(42)34-16-10-20(38(3)13-16)24(41)33-15-9-19(37(2)12-15)23(40)31-6-7-32-27(29)30/h5,8-14H,6-7,28H2,1-4H3,(H,31,40)(H,33,41)(H,34,42)(H,35,43)(H4,29,30,32). The van der Waals surface area contributed by atoms with Crippen LogP contribution >= 0.6 is 0 Å². The van der Waals surface area contributed by atoms with Gasteiger partial charge in [0.05, 0.1) is 29.3 Å². The average Bonchev–Trinajstić information content (AvgIpc) is 3.67. The SMILES string of the molecule is Cn1cc(NC(=O)c2cc(NC(=O)c3cc(NC(=O)c4c(N)ccn4C)cn3C)cn2C)cc1C(=O)NCCN=C(N)N. The Bertz CT molecular complexity index is 1710. The molecule has 0 aliphatic carbocycles. The normalized spacial score (nSPS) is 10.7.